The molecule has 3 N–H and O–H groups in total. The maximum absolute atomic E-state index is 13.8. The van der Waals surface area contributed by atoms with E-state index in [9.17, 15) is 4.39 Å². The van der Waals surface area contributed by atoms with Gasteiger partial charge in [0, 0.05) is 11.3 Å². The minimum Gasteiger partial charge on any atom is -0.389 e. The van der Waals surface area contributed by atoms with Gasteiger partial charge in [-0.1, -0.05) is 29.9 Å². The molecule has 0 amide bonds. The topological polar surface area (TPSA) is 38.0 Å². The van der Waals surface area contributed by atoms with Gasteiger partial charge in [0.1, 0.15) is 4.99 Å². The predicted octanol–water partition coefficient (Wildman–Crippen LogP) is 4.17. The lowest BCUT2D eigenvalue weighted by atomic mass is 10.1. The number of aryl methyl sites for hydroxylation is 1. The highest BCUT2D eigenvalue weighted by atomic mass is 35.5. The molecule has 0 fully saturated rings. The highest BCUT2D eigenvalue weighted by Gasteiger charge is 2.08. The Bertz CT molecular complexity index is 643. The third-order valence-corrected chi connectivity index (χ3v) is 3.26. The molecule has 0 saturated carbocycles. The molecule has 0 unspecified atom stereocenters. The number of anilines is 2. The van der Waals surface area contributed by atoms with E-state index in [4.69, 9.17) is 29.6 Å². The molecule has 98 valence electrons. The smallest absolute Gasteiger partial charge is 0.165 e. The lowest BCUT2D eigenvalue weighted by Crippen LogP contribution is -2.09. The second-order valence-electron chi connectivity index (χ2n) is 4.12. The number of halogens is 2. The molecule has 0 spiro atoms. The molecule has 0 atom stereocenters. The van der Waals surface area contributed by atoms with Gasteiger partial charge < -0.3 is 11.1 Å². The predicted molar refractivity (Wildman–Crippen MR) is 81.8 cm³/mol. The Balaban J connectivity index is 2.34. The first-order valence-corrected chi connectivity index (χ1v) is 6.39. The SMILES string of the molecule is Cc1cc(C(N)=S)ccc1Nc1cccc(Cl)c1F. The third-order valence-electron chi connectivity index (χ3n) is 2.73. The molecule has 0 aromatic heterocycles. The zero-order chi connectivity index (χ0) is 14.0. The van der Waals surface area contributed by atoms with Crippen molar-refractivity contribution in [2.75, 3.05) is 5.32 Å². The number of nitrogens with two attached hydrogens (primary N) is 1. The second kappa shape index (κ2) is 5.55. The van der Waals surface area contributed by atoms with Gasteiger partial charge in [0.05, 0.1) is 10.7 Å². The van der Waals surface area contributed by atoms with E-state index in [1.165, 1.54) is 6.07 Å². The van der Waals surface area contributed by atoms with Crippen molar-refractivity contribution in [1.82, 2.24) is 0 Å². The number of thiocarbonyl (C=S) groups is 1. The first-order chi connectivity index (χ1) is 8.99. The molecule has 2 nitrogen and oxygen atoms in total. The Labute approximate surface area is 121 Å². The van der Waals surface area contributed by atoms with Crippen LogP contribution in [0.5, 0.6) is 0 Å². The largest absolute Gasteiger partial charge is 0.389 e. The Morgan fingerprint density at radius 1 is 1.26 bits per heavy atom. The summed E-state index contributed by atoms with van der Waals surface area (Å²) in [5, 5.41) is 3.09. The summed E-state index contributed by atoms with van der Waals surface area (Å²) >= 11 is 10.7. The Kier molecular flexibility index (Phi) is 4.02. The minimum absolute atomic E-state index is 0.0856. The van der Waals surface area contributed by atoms with Crippen molar-refractivity contribution in [2.45, 2.75) is 6.92 Å². The van der Waals surface area contributed by atoms with Crippen LogP contribution in [-0.4, -0.2) is 4.99 Å². The van der Waals surface area contributed by atoms with Crippen LogP contribution in [0, 0.1) is 12.7 Å². The van der Waals surface area contributed by atoms with E-state index in [0.29, 0.717) is 10.7 Å². The first kappa shape index (κ1) is 13.8. The molecule has 2 rings (SSSR count). The fourth-order valence-corrected chi connectivity index (χ4v) is 2.00. The van der Waals surface area contributed by atoms with Crippen molar-refractivity contribution >= 4 is 40.2 Å². The quantitative estimate of drug-likeness (QED) is 0.835. The molecule has 2 aromatic carbocycles. The van der Waals surface area contributed by atoms with Crippen molar-refractivity contribution in [3.63, 3.8) is 0 Å². The van der Waals surface area contributed by atoms with Crippen LogP contribution < -0.4 is 11.1 Å². The van der Waals surface area contributed by atoms with Crippen molar-refractivity contribution < 1.29 is 4.39 Å². The Morgan fingerprint density at radius 3 is 2.63 bits per heavy atom. The van der Waals surface area contributed by atoms with Crippen LogP contribution in [0.1, 0.15) is 11.1 Å². The molecule has 2 aromatic rings. The normalized spacial score (nSPS) is 10.3. The van der Waals surface area contributed by atoms with E-state index in [-0.39, 0.29) is 5.02 Å². The van der Waals surface area contributed by atoms with Crippen molar-refractivity contribution in [3.05, 3.63) is 58.4 Å². The van der Waals surface area contributed by atoms with Gasteiger partial charge in [0.25, 0.3) is 0 Å². The molecule has 0 radical (unpaired) electrons. The van der Waals surface area contributed by atoms with Crippen LogP contribution in [0.15, 0.2) is 36.4 Å². The average Bonchev–Trinajstić information content (AvgIpc) is 2.37. The lowest BCUT2D eigenvalue weighted by molar-refractivity contribution is 0.632. The van der Waals surface area contributed by atoms with Gasteiger partial charge in [0.15, 0.2) is 5.82 Å². The number of nitrogens with one attached hydrogen (secondary N) is 1. The van der Waals surface area contributed by atoms with Gasteiger partial charge in [0.2, 0.25) is 0 Å². The third kappa shape index (κ3) is 3.03. The fourth-order valence-electron chi connectivity index (χ4n) is 1.70. The Morgan fingerprint density at radius 2 is 2.00 bits per heavy atom. The fraction of sp³-hybridized carbons (Fsp3) is 0.0714. The second-order valence-corrected chi connectivity index (χ2v) is 4.97. The summed E-state index contributed by atoms with van der Waals surface area (Å²) in [4.78, 5) is 0.337. The van der Waals surface area contributed by atoms with Gasteiger partial charge in [-0.2, -0.15) is 0 Å². The summed E-state index contributed by atoms with van der Waals surface area (Å²) in [6, 6.07) is 10.3. The summed E-state index contributed by atoms with van der Waals surface area (Å²) in [6.45, 7) is 1.90. The van der Waals surface area contributed by atoms with Crippen LogP contribution in [0.3, 0.4) is 0 Å². The molecule has 19 heavy (non-hydrogen) atoms. The summed E-state index contributed by atoms with van der Waals surface area (Å²) < 4.78 is 13.8. The molecule has 0 aliphatic heterocycles. The maximum atomic E-state index is 13.8. The van der Waals surface area contributed by atoms with Crippen LogP contribution in [-0.2, 0) is 0 Å². The summed E-state index contributed by atoms with van der Waals surface area (Å²) in [7, 11) is 0. The van der Waals surface area contributed by atoms with Crippen LogP contribution in [0.4, 0.5) is 15.8 Å². The molecule has 0 aliphatic carbocycles. The van der Waals surface area contributed by atoms with E-state index in [1.54, 1.807) is 18.2 Å². The number of hydrogen-bond acceptors (Lipinski definition) is 2. The van der Waals surface area contributed by atoms with E-state index in [2.05, 4.69) is 5.32 Å². The minimum atomic E-state index is -0.470. The summed E-state index contributed by atoms with van der Waals surface area (Å²) in [5.41, 5.74) is 8.38. The van der Waals surface area contributed by atoms with Crippen molar-refractivity contribution in [3.8, 4) is 0 Å². The van der Waals surface area contributed by atoms with Crippen LogP contribution in [0.2, 0.25) is 5.02 Å². The van der Waals surface area contributed by atoms with Crippen LogP contribution in [0.25, 0.3) is 0 Å². The standard InChI is InChI=1S/C14H12ClFN2S/c1-8-7-9(14(17)19)5-6-11(8)18-12-4-2-3-10(15)13(12)16/h2-7,18H,1H3,(H2,17,19). The number of hydrogen-bond donors (Lipinski definition) is 2. The van der Waals surface area contributed by atoms with Gasteiger partial charge in [-0.15, -0.1) is 0 Å². The van der Waals surface area contributed by atoms with E-state index < -0.39 is 5.82 Å². The molecule has 0 saturated heterocycles. The molecule has 5 heteroatoms. The first-order valence-electron chi connectivity index (χ1n) is 5.60. The Hall–Kier alpha value is -1.65. The molecular formula is C14H12ClFN2S. The highest BCUT2D eigenvalue weighted by molar-refractivity contribution is 7.80. The number of benzene rings is 2. The average molecular weight is 295 g/mol. The maximum Gasteiger partial charge on any atom is 0.165 e. The summed E-state index contributed by atoms with van der Waals surface area (Å²) in [5.74, 6) is -0.470. The summed E-state index contributed by atoms with van der Waals surface area (Å²) in [6.07, 6.45) is 0. The lowest BCUT2D eigenvalue weighted by Gasteiger charge is -2.12. The molecular weight excluding hydrogens is 283 g/mol. The van der Waals surface area contributed by atoms with Crippen molar-refractivity contribution in [2.24, 2.45) is 5.73 Å². The van der Waals surface area contributed by atoms with Gasteiger partial charge in [-0.3, -0.25) is 0 Å². The van der Waals surface area contributed by atoms with Gasteiger partial charge >= 0.3 is 0 Å². The van der Waals surface area contributed by atoms with E-state index in [1.807, 2.05) is 19.1 Å². The zero-order valence-corrected chi connectivity index (χ0v) is 11.8. The van der Waals surface area contributed by atoms with Crippen molar-refractivity contribution in [1.29, 1.82) is 0 Å². The highest BCUT2D eigenvalue weighted by Crippen LogP contribution is 2.27. The van der Waals surface area contributed by atoms with Gasteiger partial charge in [-0.25, -0.2) is 4.39 Å². The molecule has 0 aliphatic rings. The zero-order valence-electron chi connectivity index (χ0n) is 10.2. The van der Waals surface area contributed by atoms with Gasteiger partial charge in [-0.05, 0) is 42.8 Å². The van der Waals surface area contributed by atoms with E-state index >= 15 is 0 Å². The monoisotopic (exact) mass is 294 g/mol. The molecule has 0 bridgehead atoms. The van der Waals surface area contributed by atoms with Crippen LogP contribution >= 0.6 is 23.8 Å². The number of rotatable bonds is 3. The molecule has 0 heterocycles. The van der Waals surface area contributed by atoms with E-state index in [0.717, 1.165) is 16.8 Å².